The highest BCUT2D eigenvalue weighted by Gasteiger charge is 2.35. The molecule has 2 unspecified atom stereocenters. The van der Waals surface area contributed by atoms with E-state index in [9.17, 15) is 4.79 Å². The van der Waals surface area contributed by atoms with Gasteiger partial charge in [0.2, 0.25) is 5.91 Å². The van der Waals surface area contributed by atoms with Gasteiger partial charge in [-0.3, -0.25) is 4.79 Å². The molecule has 0 aromatic heterocycles. The molecule has 0 aliphatic carbocycles. The molecule has 1 aromatic rings. The Hall–Kier alpha value is -1.06. The Bertz CT molecular complexity index is 538. The molecule has 2 heterocycles. The van der Waals surface area contributed by atoms with Crippen LogP contribution in [-0.2, 0) is 17.8 Å². The minimum absolute atomic E-state index is 0.145. The molecule has 4 heteroatoms. The first-order valence-corrected chi connectivity index (χ1v) is 8.22. The second-order valence-electron chi connectivity index (χ2n) is 6.58. The third-order valence-corrected chi connectivity index (χ3v) is 5.04. The lowest BCUT2D eigenvalue weighted by molar-refractivity contribution is -0.139. The van der Waals surface area contributed by atoms with E-state index >= 15 is 0 Å². The van der Waals surface area contributed by atoms with E-state index in [1.54, 1.807) is 0 Å². The van der Waals surface area contributed by atoms with Crippen molar-refractivity contribution in [2.45, 2.75) is 39.3 Å². The second-order valence-corrected chi connectivity index (χ2v) is 7.02. The average Bonchev–Trinajstić information content (AvgIpc) is 2.99. The highest BCUT2D eigenvalue weighted by molar-refractivity contribution is 6.30. The Balaban J connectivity index is 1.88. The lowest BCUT2D eigenvalue weighted by Gasteiger charge is -2.40. The molecule has 0 spiro atoms. The van der Waals surface area contributed by atoms with Gasteiger partial charge < -0.3 is 10.2 Å². The summed E-state index contributed by atoms with van der Waals surface area (Å²) in [6.07, 6.45) is 1.90. The fraction of sp³-hybridized carbons (Fsp3) is 0.588. The van der Waals surface area contributed by atoms with Gasteiger partial charge in [-0.15, -0.1) is 0 Å². The van der Waals surface area contributed by atoms with Crippen molar-refractivity contribution in [3.63, 3.8) is 0 Å². The number of carbonyl (C=O) groups is 1. The minimum Gasteiger partial charge on any atom is -0.335 e. The Morgan fingerprint density at radius 1 is 1.38 bits per heavy atom. The van der Waals surface area contributed by atoms with Crippen molar-refractivity contribution in [1.29, 1.82) is 0 Å². The highest BCUT2D eigenvalue weighted by atomic mass is 35.5. The quantitative estimate of drug-likeness (QED) is 0.911. The zero-order valence-electron chi connectivity index (χ0n) is 12.7. The third-order valence-electron chi connectivity index (χ3n) is 4.80. The molecule has 0 bridgehead atoms. The maximum absolute atomic E-state index is 12.9. The topological polar surface area (TPSA) is 32.3 Å². The van der Waals surface area contributed by atoms with Gasteiger partial charge in [-0.25, -0.2) is 0 Å². The van der Waals surface area contributed by atoms with Crippen LogP contribution in [-0.4, -0.2) is 29.9 Å². The van der Waals surface area contributed by atoms with Gasteiger partial charge in [0.15, 0.2) is 0 Å². The molecule has 1 saturated heterocycles. The summed E-state index contributed by atoms with van der Waals surface area (Å²) in [4.78, 5) is 15.0. The van der Waals surface area contributed by atoms with Gasteiger partial charge in [0.05, 0.1) is 5.92 Å². The number of nitrogens with one attached hydrogen (secondary N) is 1. The SMILES string of the molecule is CC(C)C1Cc2ccc(Cl)cc2CN1C(=O)C1CCNC1. The number of halogens is 1. The van der Waals surface area contributed by atoms with Crippen LogP contribution in [0.15, 0.2) is 18.2 Å². The van der Waals surface area contributed by atoms with Crippen molar-refractivity contribution in [3.8, 4) is 0 Å². The average molecular weight is 307 g/mol. The van der Waals surface area contributed by atoms with Gasteiger partial charge in [0.1, 0.15) is 0 Å². The van der Waals surface area contributed by atoms with E-state index in [-0.39, 0.29) is 5.92 Å². The predicted octanol–water partition coefficient (Wildman–Crippen LogP) is 2.86. The number of hydrogen-bond donors (Lipinski definition) is 1. The molecule has 1 fully saturated rings. The largest absolute Gasteiger partial charge is 0.335 e. The first-order valence-electron chi connectivity index (χ1n) is 7.84. The van der Waals surface area contributed by atoms with Gasteiger partial charge in [0.25, 0.3) is 0 Å². The first kappa shape index (κ1) is 14.9. The molecule has 21 heavy (non-hydrogen) atoms. The summed E-state index contributed by atoms with van der Waals surface area (Å²) in [5.41, 5.74) is 2.55. The van der Waals surface area contributed by atoms with E-state index in [1.165, 1.54) is 11.1 Å². The first-order chi connectivity index (χ1) is 10.1. The van der Waals surface area contributed by atoms with Crippen LogP contribution in [0.5, 0.6) is 0 Å². The molecular formula is C17H23ClN2O. The standard InChI is InChI=1S/C17H23ClN2O/c1-11(2)16-8-12-3-4-15(18)7-14(12)10-20(16)17(21)13-5-6-19-9-13/h3-4,7,11,13,16,19H,5-6,8-10H2,1-2H3. The molecule has 2 atom stereocenters. The van der Waals surface area contributed by atoms with Crippen LogP contribution in [0.1, 0.15) is 31.4 Å². The summed E-state index contributed by atoms with van der Waals surface area (Å²) in [7, 11) is 0. The van der Waals surface area contributed by atoms with Gasteiger partial charge in [-0.05, 0) is 48.6 Å². The van der Waals surface area contributed by atoms with Crippen molar-refractivity contribution in [2.24, 2.45) is 11.8 Å². The van der Waals surface area contributed by atoms with Crippen LogP contribution in [0.25, 0.3) is 0 Å². The van der Waals surface area contributed by atoms with E-state index < -0.39 is 0 Å². The highest BCUT2D eigenvalue weighted by Crippen LogP contribution is 2.31. The number of hydrogen-bond acceptors (Lipinski definition) is 2. The second kappa shape index (κ2) is 5.98. The van der Waals surface area contributed by atoms with Crippen molar-refractivity contribution < 1.29 is 4.79 Å². The zero-order valence-corrected chi connectivity index (χ0v) is 13.5. The molecule has 1 aromatic carbocycles. The Morgan fingerprint density at radius 3 is 2.86 bits per heavy atom. The third kappa shape index (κ3) is 2.95. The maximum atomic E-state index is 12.9. The van der Waals surface area contributed by atoms with Crippen LogP contribution in [0.4, 0.5) is 0 Å². The molecule has 2 aliphatic rings. The number of carbonyl (C=O) groups excluding carboxylic acids is 1. The summed E-state index contributed by atoms with van der Waals surface area (Å²) in [6.45, 7) is 6.90. The Labute approximate surface area is 131 Å². The maximum Gasteiger partial charge on any atom is 0.227 e. The fourth-order valence-electron chi connectivity index (χ4n) is 3.51. The van der Waals surface area contributed by atoms with Gasteiger partial charge >= 0.3 is 0 Å². The normalized spacial score (nSPS) is 25.2. The van der Waals surface area contributed by atoms with E-state index in [0.717, 1.165) is 31.0 Å². The van der Waals surface area contributed by atoms with Crippen molar-refractivity contribution in [1.82, 2.24) is 10.2 Å². The fourth-order valence-corrected chi connectivity index (χ4v) is 3.71. The van der Waals surface area contributed by atoms with Crippen molar-refractivity contribution in [2.75, 3.05) is 13.1 Å². The summed E-state index contributed by atoms with van der Waals surface area (Å²) in [6, 6.07) is 6.38. The zero-order chi connectivity index (χ0) is 15.0. The molecule has 114 valence electrons. The van der Waals surface area contributed by atoms with Crippen molar-refractivity contribution >= 4 is 17.5 Å². The molecule has 0 radical (unpaired) electrons. The minimum atomic E-state index is 0.145. The van der Waals surface area contributed by atoms with Gasteiger partial charge in [-0.2, -0.15) is 0 Å². The van der Waals surface area contributed by atoms with Crippen molar-refractivity contribution in [3.05, 3.63) is 34.3 Å². The summed E-state index contributed by atoms with van der Waals surface area (Å²) < 4.78 is 0. The Morgan fingerprint density at radius 2 is 2.19 bits per heavy atom. The molecule has 3 rings (SSSR count). The molecular weight excluding hydrogens is 284 g/mol. The summed E-state index contributed by atoms with van der Waals surface area (Å²) in [5.74, 6) is 0.920. The van der Waals surface area contributed by atoms with E-state index in [1.807, 2.05) is 12.1 Å². The number of fused-ring (bicyclic) bond motifs is 1. The van der Waals surface area contributed by atoms with Crippen LogP contribution in [0.3, 0.4) is 0 Å². The van der Waals surface area contributed by atoms with E-state index in [4.69, 9.17) is 11.6 Å². The summed E-state index contributed by atoms with van der Waals surface area (Å²) in [5, 5.41) is 4.05. The van der Waals surface area contributed by atoms with Gasteiger partial charge in [0, 0.05) is 24.2 Å². The number of amides is 1. The van der Waals surface area contributed by atoms with Crippen LogP contribution < -0.4 is 5.32 Å². The van der Waals surface area contributed by atoms with Crippen LogP contribution in [0, 0.1) is 11.8 Å². The molecule has 1 amide bonds. The monoisotopic (exact) mass is 306 g/mol. The number of rotatable bonds is 2. The van der Waals surface area contributed by atoms with E-state index in [0.29, 0.717) is 24.4 Å². The lowest BCUT2D eigenvalue weighted by atomic mass is 9.87. The lowest BCUT2D eigenvalue weighted by Crippen LogP contribution is -2.49. The number of nitrogens with zero attached hydrogens (tertiary/aromatic N) is 1. The Kier molecular flexibility index (Phi) is 4.23. The predicted molar refractivity (Wildman–Crippen MR) is 85.3 cm³/mol. The van der Waals surface area contributed by atoms with E-state index in [2.05, 4.69) is 30.1 Å². The molecule has 3 nitrogen and oxygen atoms in total. The van der Waals surface area contributed by atoms with Crippen LogP contribution >= 0.6 is 11.6 Å². The van der Waals surface area contributed by atoms with Gasteiger partial charge in [-0.1, -0.05) is 31.5 Å². The molecule has 2 aliphatic heterocycles. The van der Waals surface area contributed by atoms with Crippen LogP contribution in [0.2, 0.25) is 5.02 Å². The molecule has 0 saturated carbocycles. The smallest absolute Gasteiger partial charge is 0.227 e. The number of benzene rings is 1. The molecule has 1 N–H and O–H groups in total. The summed E-state index contributed by atoms with van der Waals surface area (Å²) >= 11 is 6.12.